The molecule has 0 bridgehead atoms. The van der Waals surface area contributed by atoms with Gasteiger partial charge in [-0.2, -0.15) is 0 Å². The third-order valence-corrected chi connectivity index (χ3v) is 6.49. The fourth-order valence-corrected chi connectivity index (χ4v) is 4.85. The lowest BCUT2D eigenvalue weighted by Crippen LogP contribution is -2.29. The average molecular weight is 391 g/mol. The number of benzene rings is 2. The van der Waals surface area contributed by atoms with E-state index in [1.807, 2.05) is 0 Å². The molecule has 3 heteroatoms. The molecule has 0 spiro atoms. The van der Waals surface area contributed by atoms with Gasteiger partial charge in [-0.25, -0.2) is 0 Å². The van der Waals surface area contributed by atoms with Gasteiger partial charge in [0.1, 0.15) is 5.75 Å². The summed E-state index contributed by atoms with van der Waals surface area (Å²) in [6.45, 7) is 9.49. The molecule has 2 aromatic rings. The first-order chi connectivity index (χ1) is 14.3. The molecular formula is C26H34N2O. The summed E-state index contributed by atoms with van der Waals surface area (Å²) < 4.78 is 6.16. The minimum atomic E-state index is 0.309. The van der Waals surface area contributed by atoms with Gasteiger partial charge in [-0.3, -0.25) is 0 Å². The first kappa shape index (κ1) is 19.9. The second kappa shape index (κ2) is 8.94. The van der Waals surface area contributed by atoms with Crippen LogP contribution >= 0.6 is 0 Å². The fraction of sp³-hybridized carbons (Fsp3) is 0.462. The van der Waals surface area contributed by atoms with E-state index < -0.39 is 0 Å². The van der Waals surface area contributed by atoms with Crippen molar-refractivity contribution in [3.63, 3.8) is 0 Å². The van der Waals surface area contributed by atoms with Crippen LogP contribution in [0.25, 0.3) is 0 Å². The third-order valence-electron chi connectivity index (χ3n) is 6.49. The number of hydrogen-bond acceptors (Lipinski definition) is 3. The Bertz CT molecular complexity index is 838. The zero-order valence-corrected chi connectivity index (χ0v) is 18.0. The topological polar surface area (TPSA) is 24.5 Å². The molecule has 1 aliphatic carbocycles. The molecule has 0 radical (unpaired) electrons. The lowest BCUT2D eigenvalue weighted by Gasteiger charge is -2.38. The number of nitrogens with zero attached hydrogens (tertiary/aromatic N) is 1. The molecule has 4 rings (SSSR count). The maximum atomic E-state index is 6.16. The minimum absolute atomic E-state index is 0.309. The van der Waals surface area contributed by atoms with Crippen LogP contribution in [0.1, 0.15) is 63.1 Å². The zero-order valence-electron chi connectivity index (χ0n) is 18.0. The summed E-state index contributed by atoms with van der Waals surface area (Å²) in [4.78, 5) is 2.40. The average Bonchev–Trinajstić information content (AvgIpc) is 3.25. The van der Waals surface area contributed by atoms with Gasteiger partial charge in [-0.15, -0.1) is 0 Å². The maximum Gasteiger partial charge on any atom is 0.142 e. The Morgan fingerprint density at radius 2 is 1.83 bits per heavy atom. The van der Waals surface area contributed by atoms with Crippen LogP contribution in [0, 0.1) is 5.92 Å². The van der Waals surface area contributed by atoms with E-state index in [1.54, 1.807) is 0 Å². The molecule has 154 valence electrons. The van der Waals surface area contributed by atoms with Crippen LogP contribution in [0.5, 0.6) is 5.75 Å². The summed E-state index contributed by atoms with van der Waals surface area (Å²) in [7, 11) is 0. The van der Waals surface area contributed by atoms with E-state index in [1.165, 1.54) is 22.5 Å². The molecule has 1 aliphatic heterocycles. The molecular weight excluding hydrogens is 356 g/mol. The maximum absolute atomic E-state index is 6.16. The van der Waals surface area contributed by atoms with Gasteiger partial charge in [0.2, 0.25) is 0 Å². The van der Waals surface area contributed by atoms with Crippen molar-refractivity contribution in [2.24, 2.45) is 5.92 Å². The number of para-hydroxylation sites is 1. The number of rotatable bonds is 8. The molecule has 29 heavy (non-hydrogen) atoms. The Balaban J connectivity index is 1.64. The number of anilines is 2. The number of hydrogen-bond donors (Lipinski definition) is 1. The number of unbranched alkanes of at least 4 members (excludes halogenated alkanes) is 1. The monoisotopic (exact) mass is 390 g/mol. The summed E-state index contributed by atoms with van der Waals surface area (Å²) in [5.74, 6) is 2.03. The van der Waals surface area contributed by atoms with Gasteiger partial charge >= 0.3 is 0 Å². The van der Waals surface area contributed by atoms with Crippen molar-refractivity contribution < 1.29 is 4.74 Å². The normalized spacial score (nSPS) is 22.0. The second-order valence-electron chi connectivity index (χ2n) is 8.16. The van der Waals surface area contributed by atoms with Crippen molar-refractivity contribution >= 4 is 11.4 Å². The highest BCUT2D eigenvalue weighted by atomic mass is 16.5. The first-order valence-corrected chi connectivity index (χ1v) is 11.3. The molecule has 3 atom stereocenters. The van der Waals surface area contributed by atoms with Crippen LogP contribution in [-0.2, 0) is 0 Å². The Morgan fingerprint density at radius 3 is 2.55 bits per heavy atom. The van der Waals surface area contributed by atoms with Gasteiger partial charge in [0.25, 0.3) is 0 Å². The molecule has 2 aromatic carbocycles. The summed E-state index contributed by atoms with van der Waals surface area (Å²) in [5.41, 5.74) is 5.25. The van der Waals surface area contributed by atoms with E-state index in [0.717, 1.165) is 44.7 Å². The smallest absolute Gasteiger partial charge is 0.142 e. The fourth-order valence-electron chi connectivity index (χ4n) is 4.85. The van der Waals surface area contributed by atoms with E-state index in [4.69, 9.17) is 4.74 Å². The molecule has 0 saturated carbocycles. The Kier molecular flexibility index (Phi) is 6.13. The third kappa shape index (κ3) is 3.88. The minimum Gasteiger partial charge on any atom is -0.491 e. The number of fused-ring (bicyclic) bond motifs is 3. The molecule has 3 unspecified atom stereocenters. The van der Waals surface area contributed by atoms with Crippen molar-refractivity contribution in [2.75, 3.05) is 29.9 Å². The highest BCUT2D eigenvalue weighted by Gasteiger charge is 2.38. The van der Waals surface area contributed by atoms with Crippen LogP contribution in [-0.4, -0.2) is 19.7 Å². The van der Waals surface area contributed by atoms with Gasteiger partial charge in [0, 0.05) is 24.7 Å². The first-order valence-electron chi connectivity index (χ1n) is 11.3. The van der Waals surface area contributed by atoms with Gasteiger partial charge in [0.05, 0.1) is 18.3 Å². The van der Waals surface area contributed by atoms with Gasteiger partial charge in [-0.1, -0.05) is 49.8 Å². The van der Waals surface area contributed by atoms with Crippen molar-refractivity contribution in [1.29, 1.82) is 0 Å². The van der Waals surface area contributed by atoms with Crippen molar-refractivity contribution in [3.8, 4) is 5.75 Å². The predicted molar refractivity (Wildman–Crippen MR) is 123 cm³/mol. The molecule has 0 aromatic heterocycles. The molecule has 1 heterocycles. The highest BCUT2D eigenvalue weighted by molar-refractivity contribution is 5.68. The van der Waals surface area contributed by atoms with Crippen LogP contribution in [0.3, 0.4) is 0 Å². The van der Waals surface area contributed by atoms with Crippen LogP contribution in [0.4, 0.5) is 11.4 Å². The van der Waals surface area contributed by atoms with Crippen LogP contribution < -0.4 is 15.0 Å². The summed E-state index contributed by atoms with van der Waals surface area (Å²) >= 11 is 0. The lowest BCUT2D eigenvalue weighted by molar-refractivity contribution is 0.308. The summed E-state index contributed by atoms with van der Waals surface area (Å²) in [6, 6.07) is 16.0. The molecule has 3 nitrogen and oxygen atoms in total. The largest absolute Gasteiger partial charge is 0.491 e. The Hall–Kier alpha value is -2.42. The molecule has 2 aliphatic rings. The molecule has 0 saturated heterocycles. The SMILES string of the molecule is CCCCOc1cccc2c1NC(c1ccc(N(CC)CC)cc1)C1CC=CC21. The van der Waals surface area contributed by atoms with Gasteiger partial charge < -0.3 is 15.0 Å². The second-order valence-corrected chi connectivity index (χ2v) is 8.16. The van der Waals surface area contributed by atoms with Crippen LogP contribution in [0.2, 0.25) is 0 Å². The number of allylic oxidation sites excluding steroid dienone is 2. The Labute approximate surface area is 175 Å². The lowest BCUT2D eigenvalue weighted by atomic mass is 9.77. The van der Waals surface area contributed by atoms with E-state index in [0.29, 0.717) is 17.9 Å². The molecule has 0 fully saturated rings. The van der Waals surface area contributed by atoms with Gasteiger partial charge in [-0.05, 0) is 61.9 Å². The molecule has 0 amide bonds. The van der Waals surface area contributed by atoms with E-state index in [2.05, 4.69) is 85.6 Å². The summed E-state index contributed by atoms with van der Waals surface area (Å²) in [5, 5.41) is 3.88. The number of nitrogens with one attached hydrogen (secondary N) is 1. The highest BCUT2D eigenvalue weighted by Crippen LogP contribution is 2.52. The quantitative estimate of drug-likeness (QED) is 0.409. The predicted octanol–water partition coefficient (Wildman–Crippen LogP) is 6.54. The zero-order chi connectivity index (χ0) is 20.2. The Morgan fingerprint density at radius 1 is 1.03 bits per heavy atom. The molecule has 1 N–H and O–H groups in total. The van der Waals surface area contributed by atoms with Crippen molar-refractivity contribution in [2.45, 2.75) is 52.0 Å². The van der Waals surface area contributed by atoms with E-state index in [9.17, 15) is 0 Å². The van der Waals surface area contributed by atoms with Crippen molar-refractivity contribution in [1.82, 2.24) is 0 Å². The summed E-state index contributed by atoms with van der Waals surface area (Å²) in [6.07, 6.45) is 8.12. The van der Waals surface area contributed by atoms with Gasteiger partial charge in [0.15, 0.2) is 0 Å². The van der Waals surface area contributed by atoms with Crippen molar-refractivity contribution in [3.05, 3.63) is 65.7 Å². The van der Waals surface area contributed by atoms with Crippen LogP contribution in [0.15, 0.2) is 54.6 Å². The van der Waals surface area contributed by atoms with E-state index >= 15 is 0 Å². The number of ether oxygens (including phenoxy) is 1. The van der Waals surface area contributed by atoms with E-state index in [-0.39, 0.29) is 0 Å². The standard InChI is InChI=1S/C26H34N2O/c1-4-7-18-29-24-13-9-12-23-21-10-8-11-22(21)25(27-26(23)24)19-14-16-20(17-15-19)28(5-2)6-3/h8-10,12-17,21-22,25,27H,4-7,11,18H2,1-3H3.